The average molecular weight is 606 g/mol. The molecule has 0 saturated carbocycles. The van der Waals surface area contributed by atoms with Gasteiger partial charge in [-0.15, -0.1) is 0 Å². The third-order valence-electron chi connectivity index (χ3n) is 6.59. The van der Waals surface area contributed by atoms with Crippen LogP contribution in [-0.4, -0.2) is 52.7 Å². The second-order valence-corrected chi connectivity index (χ2v) is 9.87. The molecule has 190 valence electrons. The van der Waals surface area contributed by atoms with Crippen LogP contribution in [0.2, 0.25) is 0 Å². The number of alkyl halides is 1. The number of nitrogens with one attached hydrogen (secondary N) is 1. The Kier molecular flexibility index (Phi) is 8.35. The Morgan fingerprint density at radius 2 is 1.73 bits per heavy atom. The van der Waals surface area contributed by atoms with E-state index in [9.17, 15) is 0 Å². The van der Waals surface area contributed by atoms with Gasteiger partial charge in [0, 0.05) is 51.2 Å². The molecule has 0 bridgehead atoms. The van der Waals surface area contributed by atoms with E-state index in [2.05, 4.69) is 115 Å². The predicted molar refractivity (Wildman–Crippen MR) is 162 cm³/mol. The number of pyridine rings is 1. The van der Waals surface area contributed by atoms with Gasteiger partial charge in [0.2, 0.25) is 5.95 Å². The van der Waals surface area contributed by atoms with Gasteiger partial charge >= 0.3 is 0 Å². The van der Waals surface area contributed by atoms with Crippen LogP contribution in [0.5, 0.6) is 0 Å². The molecule has 1 aromatic carbocycles. The van der Waals surface area contributed by atoms with Crippen LogP contribution in [0.1, 0.15) is 12.0 Å². The van der Waals surface area contributed by atoms with Crippen LogP contribution < -0.4 is 20.0 Å². The maximum absolute atomic E-state index is 4.99. The van der Waals surface area contributed by atoms with Crippen molar-refractivity contribution >= 4 is 46.0 Å². The minimum atomic E-state index is 0.762. The number of rotatable bonds is 8. The first-order valence-electron chi connectivity index (χ1n) is 12.6. The lowest BCUT2D eigenvalue weighted by atomic mass is 10.0. The van der Waals surface area contributed by atoms with Gasteiger partial charge in [-0.05, 0) is 42.2 Å². The van der Waals surface area contributed by atoms with Crippen molar-refractivity contribution in [2.45, 2.75) is 12.8 Å². The van der Waals surface area contributed by atoms with Gasteiger partial charge in [0.1, 0.15) is 17.5 Å². The van der Waals surface area contributed by atoms with E-state index >= 15 is 0 Å². The highest BCUT2D eigenvalue weighted by atomic mass is 127. The van der Waals surface area contributed by atoms with Crippen molar-refractivity contribution < 1.29 is 0 Å². The van der Waals surface area contributed by atoms with Crippen LogP contribution in [0.4, 0.5) is 23.4 Å². The molecule has 2 aliphatic rings. The van der Waals surface area contributed by atoms with Crippen LogP contribution >= 0.6 is 22.6 Å². The van der Waals surface area contributed by atoms with Crippen molar-refractivity contribution in [3.63, 3.8) is 0 Å². The highest BCUT2D eigenvalue weighted by Gasteiger charge is 2.22. The quantitative estimate of drug-likeness (QED) is 0.208. The normalized spacial score (nSPS) is 15.6. The molecule has 0 atom stereocenters. The highest BCUT2D eigenvalue weighted by molar-refractivity contribution is 14.1. The number of benzene rings is 1. The van der Waals surface area contributed by atoms with Crippen molar-refractivity contribution in [1.29, 1.82) is 0 Å². The van der Waals surface area contributed by atoms with E-state index in [-0.39, 0.29) is 0 Å². The molecule has 3 heterocycles. The minimum absolute atomic E-state index is 0.762. The zero-order valence-electron chi connectivity index (χ0n) is 21.1. The fraction of sp³-hybridized carbons (Fsp3) is 0.276. The molecular weight excluding hydrogens is 573 g/mol. The van der Waals surface area contributed by atoms with E-state index in [1.807, 2.05) is 24.4 Å². The summed E-state index contributed by atoms with van der Waals surface area (Å²) in [6.07, 6.45) is 12.2. The van der Waals surface area contributed by atoms with Gasteiger partial charge in [-0.1, -0.05) is 77.2 Å². The highest BCUT2D eigenvalue weighted by Crippen LogP contribution is 2.26. The number of aromatic nitrogens is 3. The molecule has 0 spiro atoms. The second-order valence-electron chi connectivity index (χ2n) is 9.19. The summed E-state index contributed by atoms with van der Waals surface area (Å²) in [5, 5.41) is 3.65. The average Bonchev–Trinajstić information content (AvgIpc) is 3.18. The molecule has 0 unspecified atom stereocenters. The van der Waals surface area contributed by atoms with E-state index in [0.717, 1.165) is 72.7 Å². The Labute approximate surface area is 232 Å². The third kappa shape index (κ3) is 6.49. The summed E-state index contributed by atoms with van der Waals surface area (Å²) >= 11 is 2.37. The van der Waals surface area contributed by atoms with Crippen LogP contribution in [-0.2, 0) is 6.42 Å². The monoisotopic (exact) mass is 605 g/mol. The van der Waals surface area contributed by atoms with Crippen molar-refractivity contribution in [3.8, 4) is 0 Å². The molecule has 37 heavy (non-hydrogen) atoms. The maximum atomic E-state index is 4.99. The van der Waals surface area contributed by atoms with Gasteiger partial charge in [-0.3, -0.25) is 0 Å². The Hall–Kier alpha value is -3.40. The Bertz CT molecular complexity index is 1270. The van der Waals surface area contributed by atoms with E-state index < -0.39 is 0 Å². The summed E-state index contributed by atoms with van der Waals surface area (Å²) in [5.41, 5.74) is 3.74. The van der Waals surface area contributed by atoms with E-state index in [4.69, 9.17) is 9.97 Å². The first kappa shape index (κ1) is 25.3. The number of hydrogen-bond donors (Lipinski definition) is 1. The predicted octanol–water partition coefficient (Wildman–Crippen LogP) is 5.45. The number of halogens is 1. The summed E-state index contributed by atoms with van der Waals surface area (Å²) in [6, 6.07) is 18.7. The van der Waals surface area contributed by atoms with Gasteiger partial charge in [0.25, 0.3) is 0 Å². The number of hydrogen-bond acceptors (Lipinski definition) is 7. The lowest BCUT2D eigenvalue weighted by Gasteiger charge is -2.35. The van der Waals surface area contributed by atoms with Crippen LogP contribution in [0.3, 0.4) is 0 Å². The number of piperazine rings is 1. The second kappa shape index (κ2) is 12.2. The summed E-state index contributed by atoms with van der Waals surface area (Å²) in [7, 11) is 2.07. The summed E-state index contributed by atoms with van der Waals surface area (Å²) in [5.74, 6) is 3.51. The van der Waals surface area contributed by atoms with E-state index in [0.29, 0.717) is 0 Å². The molecule has 7 nitrogen and oxygen atoms in total. The van der Waals surface area contributed by atoms with E-state index in [1.54, 1.807) is 0 Å². The molecular formula is C29H32IN7. The van der Waals surface area contributed by atoms with Crippen LogP contribution in [0.15, 0.2) is 96.4 Å². The SMILES string of the molecule is CN(CI)c1cc(NC2=C(Cc3ccccc3)CC=CC=C2)nc(N2CCN(c3ccccn3)CC2)n1. The van der Waals surface area contributed by atoms with Crippen molar-refractivity contribution in [3.05, 3.63) is 102 Å². The molecule has 1 aliphatic carbocycles. The number of anilines is 4. The lowest BCUT2D eigenvalue weighted by molar-refractivity contribution is 0.635. The first-order valence-corrected chi connectivity index (χ1v) is 14.2. The largest absolute Gasteiger partial charge is 0.353 e. The fourth-order valence-corrected chi connectivity index (χ4v) is 4.86. The molecule has 1 N–H and O–H groups in total. The zero-order chi connectivity index (χ0) is 25.5. The maximum Gasteiger partial charge on any atom is 0.229 e. The minimum Gasteiger partial charge on any atom is -0.353 e. The van der Waals surface area contributed by atoms with E-state index in [1.165, 1.54) is 11.1 Å². The van der Waals surface area contributed by atoms with Crippen molar-refractivity contribution in [2.75, 3.05) is 57.8 Å². The Morgan fingerprint density at radius 1 is 0.946 bits per heavy atom. The van der Waals surface area contributed by atoms with Gasteiger partial charge in [0.15, 0.2) is 0 Å². The molecule has 1 aliphatic heterocycles. The molecule has 1 saturated heterocycles. The number of nitrogens with zero attached hydrogens (tertiary/aromatic N) is 6. The molecule has 5 rings (SSSR count). The molecule has 0 radical (unpaired) electrons. The number of allylic oxidation sites excluding steroid dienone is 5. The molecule has 0 amide bonds. The lowest BCUT2D eigenvalue weighted by Crippen LogP contribution is -2.47. The van der Waals surface area contributed by atoms with Crippen molar-refractivity contribution in [1.82, 2.24) is 15.0 Å². The van der Waals surface area contributed by atoms with Crippen LogP contribution in [0, 0.1) is 0 Å². The molecule has 2 aromatic heterocycles. The molecule has 1 fully saturated rings. The van der Waals surface area contributed by atoms with Gasteiger partial charge in [-0.25, -0.2) is 4.98 Å². The summed E-state index contributed by atoms with van der Waals surface area (Å²) < 4.78 is 0.840. The summed E-state index contributed by atoms with van der Waals surface area (Å²) in [6.45, 7) is 3.46. The summed E-state index contributed by atoms with van der Waals surface area (Å²) in [4.78, 5) is 21.2. The van der Waals surface area contributed by atoms with Gasteiger partial charge in [0.05, 0.1) is 4.55 Å². The van der Waals surface area contributed by atoms with Crippen molar-refractivity contribution in [2.24, 2.45) is 0 Å². The third-order valence-corrected chi connectivity index (χ3v) is 7.61. The zero-order valence-corrected chi connectivity index (χ0v) is 23.3. The fourth-order valence-electron chi connectivity index (χ4n) is 4.51. The molecule has 8 heteroatoms. The molecule has 3 aromatic rings. The smallest absolute Gasteiger partial charge is 0.229 e. The van der Waals surface area contributed by atoms with Gasteiger partial charge in [-0.2, -0.15) is 9.97 Å². The Morgan fingerprint density at radius 3 is 2.49 bits per heavy atom. The topological polar surface area (TPSA) is 60.4 Å². The Balaban J connectivity index is 1.40. The first-order chi connectivity index (χ1) is 18.2. The standard InChI is InChI=1S/C29H32IN7/c1-35(22-30)28-21-26(32-25-13-7-3-6-12-24(25)20-23-10-4-2-5-11-23)33-29(34-28)37-18-16-36(17-19-37)27-14-8-9-15-31-27/h2-11,13-15,21H,12,16-20,22H2,1H3,(H,32,33,34). The van der Waals surface area contributed by atoms with Crippen LogP contribution in [0.25, 0.3) is 0 Å². The van der Waals surface area contributed by atoms with Gasteiger partial charge < -0.3 is 20.0 Å².